The van der Waals surface area contributed by atoms with Crippen molar-refractivity contribution in [2.45, 2.75) is 39.2 Å². The van der Waals surface area contributed by atoms with E-state index in [1.165, 1.54) is 19.3 Å². The summed E-state index contributed by atoms with van der Waals surface area (Å²) >= 11 is 0. The number of fused-ring (bicyclic) bond motifs is 5. The Kier molecular flexibility index (Phi) is 2.98. The Hall–Kier alpha value is -1.51. The van der Waals surface area contributed by atoms with Crippen molar-refractivity contribution in [3.8, 4) is 0 Å². The van der Waals surface area contributed by atoms with Crippen LogP contribution in [-0.2, 0) is 0 Å². The molecular formula is C18H24N2O. The van der Waals surface area contributed by atoms with Gasteiger partial charge < -0.3 is 10.6 Å². The molecule has 0 radical (unpaired) electrons. The zero-order valence-electron chi connectivity index (χ0n) is 12.9. The van der Waals surface area contributed by atoms with Gasteiger partial charge in [0.2, 0.25) is 0 Å². The van der Waals surface area contributed by atoms with E-state index in [1.807, 2.05) is 18.2 Å². The van der Waals surface area contributed by atoms with Crippen LogP contribution in [0.1, 0.15) is 42.1 Å². The van der Waals surface area contributed by atoms with Crippen molar-refractivity contribution < 1.29 is 4.79 Å². The van der Waals surface area contributed by atoms with Crippen molar-refractivity contribution >= 4 is 11.6 Å². The average molecular weight is 284 g/mol. The molecule has 3 fully saturated rings. The van der Waals surface area contributed by atoms with Gasteiger partial charge in [0.1, 0.15) is 0 Å². The minimum absolute atomic E-state index is 0.111. The van der Waals surface area contributed by atoms with E-state index in [0.717, 1.165) is 47.0 Å². The van der Waals surface area contributed by atoms with Crippen molar-refractivity contribution in [3.05, 3.63) is 29.3 Å². The van der Waals surface area contributed by atoms with Crippen LogP contribution in [0.4, 0.5) is 5.69 Å². The monoisotopic (exact) mass is 284 g/mol. The quantitative estimate of drug-likeness (QED) is 0.891. The zero-order valence-corrected chi connectivity index (χ0v) is 12.9. The van der Waals surface area contributed by atoms with Gasteiger partial charge in [-0.05, 0) is 80.5 Å². The molecule has 0 heterocycles. The van der Waals surface area contributed by atoms with Gasteiger partial charge in [-0.1, -0.05) is 0 Å². The normalized spacial score (nSPS) is 35.4. The van der Waals surface area contributed by atoms with E-state index in [-0.39, 0.29) is 5.91 Å². The Bertz CT molecular complexity index is 567. The smallest absolute Gasteiger partial charge is 0.251 e. The third-order valence-corrected chi connectivity index (χ3v) is 5.89. The van der Waals surface area contributed by atoms with Crippen LogP contribution in [0.2, 0.25) is 0 Å². The number of rotatable bonds is 4. The first-order valence-corrected chi connectivity index (χ1v) is 8.34. The SMILES string of the molecule is CCNc1ccc(C(=O)NC2C3C4CCC(C4)C23)cc1C. The van der Waals surface area contributed by atoms with Gasteiger partial charge in [-0.2, -0.15) is 0 Å². The van der Waals surface area contributed by atoms with Crippen LogP contribution in [0.25, 0.3) is 0 Å². The van der Waals surface area contributed by atoms with Gasteiger partial charge in [0, 0.05) is 23.8 Å². The van der Waals surface area contributed by atoms with E-state index in [1.54, 1.807) is 0 Å². The molecule has 2 N–H and O–H groups in total. The summed E-state index contributed by atoms with van der Waals surface area (Å²) in [5.41, 5.74) is 3.06. The van der Waals surface area contributed by atoms with Crippen LogP contribution in [0.5, 0.6) is 0 Å². The van der Waals surface area contributed by atoms with E-state index >= 15 is 0 Å². The average Bonchev–Trinajstić information content (AvgIpc) is 2.86. The van der Waals surface area contributed by atoms with Crippen molar-refractivity contribution in [1.82, 2.24) is 5.32 Å². The van der Waals surface area contributed by atoms with Gasteiger partial charge in [-0.3, -0.25) is 4.79 Å². The second-order valence-electron chi connectivity index (χ2n) is 7.05. The number of carbonyl (C=O) groups excluding carboxylic acids is 1. The lowest BCUT2D eigenvalue weighted by atomic mass is 10.0. The predicted molar refractivity (Wildman–Crippen MR) is 84.4 cm³/mol. The standard InChI is InChI=1S/C18H24N2O/c1-3-19-14-7-6-13(8-10(14)2)18(21)20-17-15-11-4-5-12(9-11)16(15)17/h6-8,11-12,15-17,19H,3-5,9H2,1-2H3,(H,20,21). The van der Waals surface area contributed by atoms with Gasteiger partial charge in [0.25, 0.3) is 5.91 Å². The third-order valence-electron chi connectivity index (χ3n) is 5.89. The number of benzene rings is 1. The molecule has 4 atom stereocenters. The molecule has 4 unspecified atom stereocenters. The highest BCUT2D eigenvalue weighted by Crippen LogP contribution is 2.65. The highest BCUT2D eigenvalue weighted by Gasteiger charge is 2.65. The maximum Gasteiger partial charge on any atom is 0.251 e. The largest absolute Gasteiger partial charge is 0.385 e. The summed E-state index contributed by atoms with van der Waals surface area (Å²) in [4.78, 5) is 12.4. The molecule has 3 heteroatoms. The summed E-state index contributed by atoms with van der Waals surface area (Å²) in [5.74, 6) is 3.52. The van der Waals surface area contributed by atoms with Crippen LogP contribution < -0.4 is 10.6 Å². The fourth-order valence-electron chi connectivity index (χ4n) is 4.95. The zero-order chi connectivity index (χ0) is 14.6. The number of nitrogens with one attached hydrogen (secondary N) is 2. The molecule has 21 heavy (non-hydrogen) atoms. The number of aryl methyl sites for hydroxylation is 1. The molecule has 3 aliphatic rings. The maximum atomic E-state index is 12.4. The van der Waals surface area contributed by atoms with Crippen LogP contribution in [0.15, 0.2) is 18.2 Å². The van der Waals surface area contributed by atoms with Crippen LogP contribution >= 0.6 is 0 Å². The van der Waals surface area contributed by atoms with E-state index in [4.69, 9.17) is 0 Å². The first-order valence-electron chi connectivity index (χ1n) is 8.34. The lowest BCUT2D eigenvalue weighted by Crippen LogP contribution is -2.30. The molecule has 1 amide bonds. The molecule has 0 spiro atoms. The van der Waals surface area contributed by atoms with E-state index in [2.05, 4.69) is 24.5 Å². The Balaban J connectivity index is 1.43. The summed E-state index contributed by atoms with van der Waals surface area (Å²) in [6.07, 6.45) is 4.22. The molecule has 2 bridgehead atoms. The van der Waals surface area contributed by atoms with Crippen molar-refractivity contribution in [2.75, 3.05) is 11.9 Å². The van der Waals surface area contributed by atoms with Gasteiger partial charge in [-0.25, -0.2) is 0 Å². The molecule has 3 aliphatic carbocycles. The van der Waals surface area contributed by atoms with Crippen LogP contribution in [0.3, 0.4) is 0 Å². The minimum atomic E-state index is 0.111. The van der Waals surface area contributed by atoms with Crippen LogP contribution in [-0.4, -0.2) is 18.5 Å². The van der Waals surface area contributed by atoms with Gasteiger partial charge in [-0.15, -0.1) is 0 Å². The first-order chi connectivity index (χ1) is 10.2. The Labute approximate surface area is 126 Å². The van der Waals surface area contributed by atoms with Crippen LogP contribution in [0, 0.1) is 30.6 Å². The molecule has 3 nitrogen and oxygen atoms in total. The fraction of sp³-hybridized carbons (Fsp3) is 0.611. The molecular weight excluding hydrogens is 260 g/mol. The summed E-state index contributed by atoms with van der Waals surface area (Å²) in [7, 11) is 0. The van der Waals surface area contributed by atoms with Gasteiger partial charge >= 0.3 is 0 Å². The Morgan fingerprint density at radius 3 is 2.57 bits per heavy atom. The summed E-state index contributed by atoms with van der Waals surface area (Å²) < 4.78 is 0. The maximum absolute atomic E-state index is 12.4. The predicted octanol–water partition coefficient (Wildman–Crippen LogP) is 3.20. The topological polar surface area (TPSA) is 41.1 Å². The van der Waals surface area contributed by atoms with Crippen molar-refractivity contribution in [3.63, 3.8) is 0 Å². The summed E-state index contributed by atoms with van der Waals surface area (Å²) in [6.45, 7) is 5.04. The second-order valence-corrected chi connectivity index (χ2v) is 7.05. The molecule has 4 rings (SSSR count). The highest BCUT2D eigenvalue weighted by molar-refractivity contribution is 5.95. The number of hydrogen-bond donors (Lipinski definition) is 2. The number of hydrogen-bond acceptors (Lipinski definition) is 2. The minimum Gasteiger partial charge on any atom is -0.385 e. The van der Waals surface area contributed by atoms with Crippen molar-refractivity contribution in [2.24, 2.45) is 23.7 Å². The number of carbonyl (C=O) groups is 1. The molecule has 0 aliphatic heterocycles. The van der Waals surface area contributed by atoms with E-state index < -0.39 is 0 Å². The highest BCUT2D eigenvalue weighted by atomic mass is 16.1. The van der Waals surface area contributed by atoms with Crippen molar-refractivity contribution in [1.29, 1.82) is 0 Å². The number of anilines is 1. The molecule has 1 aromatic rings. The molecule has 1 aromatic carbocycles. The first kappa shape index (κ1) is 13.2. The Morgan fingerprint density at radius 2 is 1.95 bits per heavy atom. The molecule has 3 saturated carbocycles. The summed E-state index contributed by atoms with van der Waals surface area (Å²) in [6, 6.07) is 6.43. The third kappa shape index (κ3) is 2.05. The number of amides is 1. The molecule has 112 valence electrons. The second kappa shape index (κ2) is 4.75. The molecule has 0 saturated heterocycles. The fourth-order valence-corrected chi connectivity index (χ4v) is 4.95. The van der Waals surface area contributed by atoms with E-state index in [0.29, 0.717) is 6.04 Å². The van der Waals surface area contributed by atoms with Gasteiger partial charge in [0.15, 0.2) is 0 Å². The summed E-state index contributed by atoms with van der Waals surface area (Å²) in [5, 5.41) is 6.61. The molecule has 0 aromatic heterocycles. The lowest BCUT2D eigenvalue weighted by Gasteiger charge is -2.12. The Morgan fingerprint density at radius 1 is 1.24 bits per heavy atom. The van der Waals surface area contributed by atoms with Gasteiger partial charge in [0.05, 0.1) is 0 Å². The van der Waals surface area contributed by atoms with E-state index in [9.17, 15) is 4.79 Å². The lowest BCUT2D eigenvalue weighted by molar-refractivity contribution is 0.0944.